The Morgan fingerprint density at radius 2 is 1.26 bits per heavy atom. The first-order valence-electron chi connectivity index (χ1n) is 7.13. The van der Waals surface area contributed by atoms with Crippen LogP contribution in [0.1, 0.15) is 0 Å². The van der Waals surface area contributed by atoms with Gasteiger partial charge in [-0.2, -0.15) is 0 Å². The molecule has 0 aromatic carbocycles. The third-order valence-corrected chi connectivity index (χ3v) is 3.38. The minimum Gasteiger partial charge on any atom is -0.377 e. The molecule has 6 heteroatoms. The van der Waals surface area contributed by atoms with Crippen LogP contribution in [0.5, 0.6) is 0 Å². The Morgan fingerprint density at radius 1 is 0.789 bits per heavy atom. The lowest BCUT2D eigenvalue weighted by Crippen LogP contribution is -2.34. The smallest absolute Gasteiger partial charge is 0.104 e. The monoisotopic (exact) mass is 273 g/mol. The maximum Gasteiger partial charge on any atom is 0.104 e. The molecule has 3 fully saturated rings. The third-order valence-electron chi connectivity index (χ3n) is 3.38. The van der Waals surface area contributed by atoms with Crippen molar-refractivity contribution in [2.24, 2.45) is 0 Å². The summed E-state index contributed by atoms with van der Waals surface area (Å²) in [7, 11) is 0. The van der Waals surface area contributed by atoms with Crippen molar-refractivity contribution in [2.45, 2.75) is 18.3 Å². The molecule has 6 nitrogen and oxygen atoms in total. The summed E-state index contributed by atoms with van der Waals surface area (Å²) in [6, 6.07) is 0. The van der Waals surface area contributed by atoms with Crippen molar-refractivity contribution in [1.29, 1.82) is 0 Å². The summed E-state index contributed by atoms with van der Waals surface area (Å²) in [6.45, 7) is 8.39. The van der Waals surface area contributed by atoms with Gasteiger partial charge in [-0.1, -0.05) is 0 Å². The summed E-state index contributed by atoms with van der Waals surface area (Å²) in [5.74, 6) is 0. The largest absolute Gasteiger partial charge is 0.377 e. The second-order valence-corrected chi connectivity index (χ2v) is 5.32. The predicted molar refractivity (Wildman–Crippen MR) is 67.3 cm³/mol. The fourth-order valence-corrected chi connectivity index (χ4v) is 1.90. The maximum atomic E-state index is 5.58. The summed E-state index contributed by atoms with van der Waals surface area (Å²) < 4.78 is 26.7. The Bertz CT molecular complexity index is 246. The molecule has 3 saturated heterocycles. The van der Waals surface area contributed by atoms with Gasteiger partial charge in [-0.05, 0) is 0 Å². The van der Waals surface area contributed by atoms with Gasteiger partial charge in [0.05, 0.1) is 52.4 Å². The van der Waals surface area contributed by atoms with Gasteiger partial charge in [0.2, 0.25) is 0 Å². The van der Waals surface area contributed by atoms with Crippen LogP contribution in [0.3, 0.4) is 0 Å². The Labute approximate surface area is 113 Å². The van der Waals surface area contributed by atoms with Crippen LogP contribution in [-0.2, 0) is 23.7 Å². The first-order chi connectivity index (χ1) is 9.40. The van der Waals surface area contributed by atoms with Crippen molar-refractivity contribution in [2.75, 3.05) is 65.9 Å². The molecular weight excluding hydrogens is 250 g/mol. The van der Waals surface area contributed by atoms with E-state index in [1.54, 1.807) is 0 Å². The fraction of sp³-hybridized carbons (Fsp3) is 1.00. The van der Waals surface area contributed by atoms with Crippen LogP contribution in [-0.4, -0.2) is 89.1 Å². The van der Waals surface area contributed by atoms with Crippen LogP contribution in [0.25, 0.3) is 0 Å². The molecule has 3 rings (SSSR count). The normalized spacial score (nSPS) is 31.7. The lowest BCUT2D eigenvalue weighted by atomic mass is 10.4. The van der Waals surface area contributed by atoms with E-state index in [1.165, 1.54) is 0 Å². The SMILES string of the molecule is C(CN(CCOCC1CO1)CC1CO1)OCC1CO1. The molecule has 3 unspecified atom stereocenters. The Hall–Kier alpha value is -0.240. The standard InChI is InChI=1S/C13H23NO5/c1(3-15-6-12-9-18-12)14(5-11-8-17-11)2-4-16-7-13-10-19-13/h11-13H,1-10H2. The Morgan fingerprint density at radius 3 is 1.68 bits per heavy atom. The molecule has 0 bridgehead atoms. The van der Waals surface area contributed by atoms with E-state index in [1.807, 2.05) is 0 Å². The molecule has 0 aromatic rings. The van der Waals surface area contributed by atoms with Gasteiger partial charge < -0.3 is 23.7 Å². The Balaban J connectivity index is 1.23. The van der Waals surface area contributed by atoms with E-state index in [0.717, 1.165) is 65.9 Å². The first-order valence-corrected chi connectivity index (χ1v) is 7.13. The van der Waals surface area contributed by atoms with Gasteiger partial charge in [-0.25, -0.2) is 0 Å². The minimum absolute atomic E-state index is 0.349. The molecule has 19 heavy (non-hydrogen) atoms. The van der Waals surface area contributed by atoms with Crippen molar-refractivity contribution in [3.05, 3.63) is 0 Å². The van der Waals surface area contributed by atoms with Crippen LogP contribution in [0.15, 0.2) is 0 Å². The van der Waals surface area contributed by atoms with Crippen molar-refractivity contribution in [3.63, 3.8) is 0 Å². The van der Waals surface area contributed by atoms with Gasteiger partial charge in [0.25, 0.3) is 0 Å². The van der Waals surface area contributed by atoms with Gasteiger partial charge in [0.15, 0.2) is 0 Å². The topological polar surface area (TPSA) is 59.3 Å². The van der Waals surface area contributed by atoms with Crippen molar-refractivity contribution in [3.8, 4) is 0 Å². The second kappa shape index (κ2) is 6.97. The van der Waals surface area contributed by atoms with E-state index in [-0.39, 0.29) is 0 Å². The lowest BCUT2D eigenvalue weighted by molar-refractivity contribution is 0.0622. The zero-order chi connectivity index (χ0) is 12.9. The molecule has 0 spiro atoms. The summed E-state index contributed by atoms with van der Waals surface area (Å²) in [5.41, 5.74) is 0. The molecule has 0 saturated carbocycles. The fourth-order valence-electron chi connectivity index (χ4n) is 1.90. The molecule has 0 aliphatic carbocycles. The van der Waals surface area contributed by atoms with Crippen LogP contribution in [0, 0.1) is 0 Å². The van der Waals surface area contributed by atoms with E-state index in [9.17, 15) is 0 Å². The highest BCUT2D eigenvalue weighted by molar-refractivity contribution is 4.75. The van der Waals surface area contributed by atoms with Crippen molar-refractivity contribution in [1.82, 2.24) is 4.90 Å². The molecule has 0 aromatic heterocycles. The van der Waals surface area contributed by atoms with Crippen LogP contribution in [0.2, 0.25) is 0 Å². The quantitative estimate of drug-likeness (QED) is 0.353. The minimum atomic E-state index is 0.349. The average molecular weight is 273 g/mol. The van der Waals surface area contributed by atoms with E-state index in [4.69, 9.17) is 23.7 Å². The zero-order valence-electron chi connectivity index (χ0n) is 11.3. The maximum absolute atomic E-state index is 5.58. The summed E-state index contributed by atoms with van der Waals surface area (Å²) in [6.07, 6.45) is 1.11. The lowest BCUT2D eigenvalue weighted by Gasteiger charge is -2.21. The molecule has 0 radical (unpaired) electrons. The summed E-state index contributed by atoms with van der Waals surface area (Å²) in [5, 5.41) is 0. The van der Waals surface area contributed by atoms with Crippen LogP contribution in [0.4, 0.5) is 0 Å². The van der Waals surface area contributed by atoms with E-state index in [2.05, 4.69) is 4.90 Å². The molecule has 0 N–H and O–H groups in total. The molecule has 3 aliphatic heterocycles. The van der Waals surface area contributed by atoms with Crippen molar-refractivity contribution < 1.29 is 23.7 Å². The van der Waals surface area contributed by atoms with Crippen molar-refractivity contribution >= 4 is 0 Å². The van der Waals surface area contributed by atoms with Crippen LogP contribution < -0.4 is 0 Å². The highest BCUT2D eigenvalue weighted by Crippen LogP contribution is 2.12. The second-order valence-electron chi connectivity index (χ2n) is 5.32. The van der Waals surface area contributed by atoms with Gasteiger partial charge in [0.1, 0.15) is 12.2 Å². The van der Waals surface area contributed by atoms with E-state index in [0.29, 0.717) is 18.3 Å². The third kappa shape index (κ3) is 6.16. The van der Waals surface area contributed by atoms with Gasteiger partial charge in [-0.3, -0.25) is 4.90 Å². The molecule has 3 atom stereocenters. The number of rotatable bonds is 12. The molecule has 3 heterocycles. The first kappa shape index (κ1) is 13.7. The number of hydrogen-bond donors (Lipinski definition) is 0. The Kier molecular flexibility index (Phi) is 5.03. The van der Waals surface area contributed by atoms with E-state index < -0.39 is 0 Å². The number of ether oxygens (including phenoxy) is 5. The highest BCUT2D eigenvalue weighted by atomic mass is 16.6. The van der Waals surface area contributed by atoms with Gasteiger partial charge in [-0.15, -0.1) is 0 Å². The number of hydrogen-bond acceptors (Lipinski definition) is 6. The molecule has 3 aliphatic rings. The molecule has 0 amide bonds. The molecule has 110 valence electrons. The van der Waals surface area contributed by atoms with Gasteiger partial charge in [0, 0.05) is 19.6 Å². The zero-order valence-corrected chi connectivity index (χ0v) is 11.3. The predicted octanol–water partition coefficient (Wildman–Crippen LogP) is -0.482. The van der Waals surface area contributed by atoms with E-state index >= 15 is 0 Å². The average Bonchev–Trinajstić information content (AvgIpc) is 3.27. The summed E-state index contributed by atoms with van der Waals surface area (Å²) >= 11 is 0. The summed E-state index contributed by atoms with van der Waals surface area (Å²) in [4.78, 5) is 2.35. The molecular formula is C13H23NO5. The number of epoxide rings is 3. The van der Waals surface area contributed by atoms with Gasteiger partial charge >= 0.3 is 0 Å². The van der Waals surface area contributed by atoms with Crippen LogP contribution >= 0.6 is 0 Å². The number of nitrogens with zero attached hydrogens (tertiary/aromatic N) is 1. The highest BCUT2D eigenvalue weighted by Gasteiger charge is 2.26.